The van der Waals surface area contributed by atoms with Crippen LogP contribution < -0.4 is 10.6 Å². The maximum absolute atomic E-state index is 12.9. The molecule has 162 valence electrons. The van der Waals surface area contributed by atoms with Crippen molar-refractivity contribution in [1.82, 2.24) is 4.90 Å². The van der Waals surface area contributed by atoms with Gasteiger partial charge in [-0.2, -0.15) is 0 Å². The second kappa shape index (κ2) is 10.2. The van der Waals surface area contributed by atoms with E-state index in [4.69, 9.17) is 0 Å². The minimum atomic E-state index is -0.311. The fraction of sp³-hybridized carbons (Fsp3) is 0.115. The first-order chi connectivity index (χ1) is 15.4. The topological polar surface area (TPSA) is 78.5 Å². The van der Waals surface area contributed by atoms with Crippen LogP contribution in [-0.4, -0.2) is 29.7 Å². The summed E-state index contributed by atoms with van der Waals surface area (Å²) in [6, 6.07) is 22.9. The average molecular weight is 428 g/mol. The highest BCUT2D eigenvalue weighted by molar-refractivity contribution is 6.04. The summed E-state index contributed by atoms with van der Waals surface area (Å²) >= 11 is 0. The predicted octanol–water partition coefficient (Wildman–Crippen LogP) is 4.90. The van der Waals surface area contributed by atoms with Crippen LogP contribution in [0.1, 0.15) is 39.2 Å². The van der Waals surface area contributed by atoms with Crippen LogP contribution in [0.5, 0.6) is 0 Å². The Bertz CT molecular complexity index is 1120. The Kier molecular flexibility index (Phi) is 7.18. The Labute approximate surface area is 187 Å². The molecule has 32 heavy (non-hydrogen) atoms. The van der Waals surface area contributed by atoms with E-state index in [1.54, 1.807) is 48.3 Å². The molecule has 6 heteroatoms. The van der Waals surface area contributed by atoms with E-state index in [1.165, 1.54) is 6.08 Å². The van der Waals surface area contributed by atoms with Gasteiger partial charge in [0.1, 0.15) is 0 Å². The first kappa shape index (κ1) is 22.5. The van der Waals surface area contributed by atoms with Gasteiger partial charge in [0, 0.05) is 29.5 Å². The molecule has 1 atom stereocenters. The molecular weight excluding hydrogens is 402 g/mol. The molecule has 3 aromatic rings. The van der Waals surface area contributed by atoms with Crippen LogP contribution in [-0.2, 0) is 4.79 Å². The molecule has 0 spiro atoms. The summed E-state index contributed by atoms with van der Waals surface area (Å²) in [5, 5.41) is 5.55. The van der Waals surface area contributed by atoms with Crippen LogP contribution in [0.3, 0.4) is 0 Å². The Balaban J connectivity index is 1.70. The molecule has 0 radical (unpaired) electrons. The molecule has 6 nitrogen and oxygen atoms in total. The highest BCUT2D eigenvalue weighted by Gasteiger charge is 2.19. The number of anilines is 2. The first-order valence-corrected chi connectivity index (χ1v) is 10.2. The Hall–Kier alpha value is -4.19. The summed E-state index contributed by atoms with van der Waals surface area (Å²) in [4.78, 5) is 38.4. The minimum absolute atomic E-state index is 0.155. The molecule has 0 fully saturated rings. The number of benzene rings is 3. The van der Waals surface area contributed by atoms with Crippen molar-refractivity contribution in [1.29, 1.82) is 0 Å². The Morgan fingerprint density at radius 1 is 0.844 bits per heavy atom. The first-order valence-electron chi connectivity index (χ1n) is 10.2. The fourth-order valence-electron chi connectivity index (χ4n) is 3.16. The summed E-state index contributed by atoms with van der Waals surface area (Å²) in [6.07, 6.45) is 1.19. The van der Waals surface area contributed by atoms with Gasteiger partial charge in [0.2, 0.25) is 5.91 Å². The highest BCUT2D eigenvalue weighted by atomic mass is 16.2. The normalized spacial score (nSPS) is 11.2. The van der Waals surface area contributed by atoms with Crippen molar-refractivity contribution < 1.29 is 14.4 Å². The van der Waals surface area contributed by atoms with Crippen molar-refractivity contribution >= 4 is 29.1 Å². The zero-order valence-electron chi connectivity index (χ0n) is 18.0. The number of carbonyl (C=O) groups excluding carboxylic acids is 3. The quantitative estimate of drug-likeness (QED) is 0.527. The third-order valence-corrected chi connectivity index (χ3v) is 5.15. The maximum Gasteiger partial charge on any atom is 0.255 e. The van der Waals surface area contributed by atoms with Gasteiger partial charge in [0.15, 0.2) is 0 Å². The van der Waals surface area contributed by atoms with Crippen molar-refractivity contribution in [2.24, 2.45) is 0 Å². The maximum atomic E-state index is 12.9. The molecule has 0 heterocycles. The molecule has 3 rings (SSSR count). The zero-order valence-corrected chi connectivity index (χ0v) is 18.0. The summed E-state index contributed by atoms with van der Waals surface area (Å²) in [7, 11) is 1.73. The monoisotopic (exact) mass is 427 g/mol. The Morgan fingerprint density at radius 3 is 2.19 bits per heavy atom. The van der Waals surface area contributed by atoms with Crippen molar-refractivity contribution in [3.05, 3.63) is 108 Å². The van der Waals surface area contributed by atoms with E-state index < -0.39 is 0 Å². The number of nitrogens with one attached hydrogen (secondary N) is 2. The number of hydrogen-bond donors (Lipinski definition) is 2. The van der Waals surface area contributed by atoms with E-state index in [0.717, 1.165) is 5.56 Å². The minimum Gasteiger partial charge on any atom is -0.335 e. The lowest BCUT2D eigenvalue weighted by Crippen LogP contribution is -2.29. The molecule has 1 unspecified atom stereocenters. The number of hydrogen-bond acceptors (Lipinski definition) is 3. The van der Waals surface area contributed by atoms with Gasteiger partial charge in [0.25, 0.3) is 11.8 Å². The van der Waals surface area contributed by atoms with E-state index in [-0.39, 0.29) is 23.8 Å². The smallest absolute Gasteiger partial charge is 0.255 e. The molecule has 0 aliphatic rings. The van der Waals surface area contributed by atoms with Gasteiger partial charge in [-0.25, -0.2) is 0 Å². The van der Waals surface area contributed by atoms with Gasteiger partial charge in [-0.15, -0.1) is 0 Å². The predicted molar refractivity (Wildman–Crippen MR) is 127 cm³/mol. The van der Waals surface area contributed by atoms with Gasteiger partial charge in [-0.3, -0.25) is 14.4 Å². The summed E-state index contributed by atoms with van der Waals surface area (Å²) in [6.45, 7) is 5.34. The van der Waals surface area contributed by atoms with E-state index in [1.807, 2.05) is 49.4 Å². The third kappa shape index (κ3) is 5.49. The lowest BCUT2D eigenvalue weighted by atomic mass is 10.0. The van der Waals surface area contributed by atoms with Crippen molar-refractivity contribution in [2.45, 2.75) is 13.0 Å². The largest absolute Gasteiger partial charge is 0.335 e. The number of rotatable bonds is 7. The molecule has 0 saturated heterocycles. The fourth-order valence-corrected chi connectivity index (χ4v) is 3.16. The van der Waals surface area contributed by atoms with Crippen LogP contribution in [0.4, 0.5) is 11.4 Å². The number of carbonyl (C=O) groups is 3. The summed E-state index contributed by atoms with van der Waals surface area (Å²) < 4.78 is 0. The average Bonchev–Trinajstić information content (AvgIpc) is 2.83. The van der Waals surface area contributed by atoms with Crippen LogP contribution in [0.25, 0.3) is 0 Å². The second-order valence-electron chi connectivity index (χ2n) is 7.31. The van der Waals surface area contributed by atoms with Crippen molar-refractivity contribution in [2.75, 3.05) is 17.7 Å². The second-order valence-corrected chi connectivity index (χ2v) is 7.31. The van der Waals surface area contributed by atoms with Gasteiger partial charge in [0.05, 0.1) is 6.04 Å². The SMILES string of the molecule is C=CC(=O)Nc1ccc(C(=O)N(C)C(C)c2cccc(NC(=O)c3ccccc3)c2)cc1. The zero-order chi connectivity index (χ0) is 23.1. The van der Waals surface area contributed by atoms with Gasteiger partial charge >= 0.3 is 0 Å². The Morgan fingerprint density at radius 2 is 1.53 bits per heavy atom. The van der Waals surface area contributed by atoms with E-state index in [2.05, 4.69) is 17.2 Å². The van der Waals surface area contributed by atoms with Crippen LogP contribution in [0, 0.1) is 0 Å². The molecule has 3 amide bonds. The number of nitrogens with zero attached hydrogens (tertiary/aromatic N) is 1. The molecule has 2 N–H and O–H groups in total. The van der Waals surface area contributed by atoms with Gasteiger partial charge in [-0.1, -0.05) is 36.9 Å². The number of amides is 3. The third-order valence-electron chi connectivity index (χ3n) is 5.15. The summed E-state index contributed by atoms with van der Waals surface area (Å²) in [5.41, 5.74) is 3.22. The van der Waals surface area contributed by atoms with Crippen molar-refractivity contribution in [3.63, 3.8) is 0 Å². The highest BCUT2D eigenvalue weighted by Crippen LogP contribution is 2.24. The molecule has 0 aliphatic carbocycles. The van der Waals surface area contributed by atoms with E-state index in [0.29, 0.717) is 22.5 Å². The van der Waals surface area contributed by atoms with E-state index in [9.17, 15) is 14.4 Å². The van der Waals surface area contributed by atoms with Gasteiger partial charge in [-0.05, 0) is 67.1 Å². The van der Waals surface area contributed by atoms with E-state index >= 15 is 0 Å². The molecular formula is C26H25N3O3. The van der Waals surface area contributed by atoms with Gasteiger partial charge < -0.3 is 15.5 Å². The molecule has 0 bridgehead atoms. The van der Waals surface area contributed by atoms with Crippen LogP contribution in [0.15, 0.2) is 91.5 Å². The molecule has 3 aromatic carbocycles. The lowest BCUT2D eigenvalue weighted by Gasteiger charge is -2.26. The molecule has 0 aromatic heterocycles. The van der Waals surface area contributed by atoms with Crippen molar-refractivity contribution in [3.8, 4) is 0 Å². The van der Waals surface area contributed by atoms with Crippen LogP contribution in [0.2, 0.25) is 0 Å². The summed E-state index contributed by atoms with van der Waals surface area (Å²) in [5.74, 6) is -0.657. The lowest BCUT2D eigenvalue weighted by molar-refractivity contribution is -0.111. The standard InChI is InChI=1S/C26H25N3O3/c1-4-24(30)27-22-15-13-20(14-16-22)26(32)29(3)18(2)21-11-8-12-23(17-21)28-25(31)19-9-6-5-7-10-19/h4-18H,1H2,2-3H3,(H,27,30)(H,28,31). The molecule has 0 aliphatic heterocycles. The molecule has 0 saturated carbocycles. The van der Waals surface area contributed by atoms with Crippen LogP contribution >= 0.6 is 0 Å².